The number of hydrogen-bond acceptors (Lipinski definition) is 10. The second-order valence-corrected chi connectivity index (χ2v) is 19.1. The first-order chi connectivity index (χ1) is 32.4. The molecule has 2 amide bonds. The molecule has 2 aliphatic carbocycles. The van der Waals surface area contributed by atoms with Crippen LogP contribution in [0.3, 0.4) is 0 Å². The molecule has 2 unspecified atom stereocenters. The molecule has 4 aromatic carbocycles. The molecule has 6 aromatic rings. The molecule has 0 spiro atoms. The number of carbonyl (C=O) groups is 2. The van der Waals surface area contributed by atoms with Gasteiger partial charge in [-0.05, 0) is 116 Å². The largest absolute Gasteiger partial charge is 0.349 e. The van der Waals surface area contributed by atoms with Crippen LogP contribution in [0.2, 0.25) is 0 Å². The minimum absolute atomic E-state index is 0.0136. The lowest BCUT2D eigenvalue weighted by Gasteiger charge is -2.40. The van der Waals surface area contributed by atoms with Gasteiger partial charge in [-0.25, -0.2) is 9.97 Å². The lowest BCUT2D eigenvalue weighted by molar-refractivity contribution is 0.0942. The van der Waals surface area contributed by atoms with Gasteiger partial charge in [0.15, 0.2) is 11.6 Å². The number of aryl methyl sites for hydroxylation is 2. The fourth-order valence-corrected chi connectivity index (χ4v) is 9.26. The van der Waals surface area contributed by atoms with Crippen LogP contribution >= 0.6 is 15.9 Å². The van der Waals surface area contributed by atoms with Gasteiger partial charge in [-0.1, -0.05) is 72.8 Å². The standard InChI is InChI=1S/C26H28BrN5O2.C26H29N5O2/c1-17-8-9-19(25(33)28-20-10-11-20)14-21(17)32-16-23(27)29-24(26(32)34)31-13-12-30(2)15-22(31)18-6-4-3-5-7-18;1-18-8-9-20(25(32)28-21-10-11-21)16-22(18)31-13-12-27-24(26(31)33)30-15-14-29(2)17-23(30)19-6-4-3-5-7-19/h3-9,14,16,20,22H,10-13,15H2,1-2H3,(H,28,33);3-9,12-13,16,21,23H,10-11,14-15,17H2,1-2H3,(H,28,32). The van der Waals surface area contributed by atoms with Gasteiger partial charge in [0.1, 0.15) is 4.60 Å². The monoisotopic (exact) mass is 964 g/mol. The third-order valence-corrected chi connectivity index (χ3v) is 13.4. The number of benzene rings is 4. The van der Waals surface area contributed by atoms with Crippen LogP contribution < -0.4 is 31.6 Å². The number of nitrogens with one attached hydrogen (secondary N) is 2. The van der Waals surface area contributed by atoms with Crippen molar-refractivity contribution in [1.29, 1.82) is 0 Å². The second kappa shape index (κ2) is 19.8. The molecular weight excluding hydrogens is 909 g/mol. The topological polar surface area (TPSA) is 141 Å². The first-order valence-electron chi connectivity index (χ1n) is 23.1. The Labute approximate surface area is 399 Å². The molecule has 0 radical (unpaired) electrons. The number of rotatable bonds is 10. The summed E-state index contributed by atoms with van der Waals surface area (Å²) in [4.78, 5) is 70.7. The Kier molecular flexibility index (Phi) is 13.5. The minimum atomic E-state index is -0.198. The molecule has 2 atom stereocenters. The highest BCUT2D eigenvalue weighted by Crippen LogP contribution is 2.31. The van der Waals surface area contributed by atoms with E-state index in [9.17, 15) is 19.2 Å². The lowest BCUT2D eigenvalue weighted by atomic mass is 10.0. The number of amides is 2. The Balaban J connectivity index is 0.000000168. The van der Waals surface area contributed by atoms with Crippen LogP contribution in [0.4, 0.5) is 11.6 Å². The number of nitrogens with zero attached hydrogens (tertiary/aromatic N) is 8. The van der Waals surface area contributed by atoms with Gasteiger partial charge in [0, 0.05) is 81.1 Å². The van der Waals surface area contributed by atoms with Crippen molar-refractivity contribution in [3.63, 3.8) is 0 Å². The maximum Gasteiger partial charge on any atom is 0.298 e. The summed E-state index contributed by atoms with van der Waals surface area (Å²) < 4.78 is 3.79. The fraction of sp³-hybridized carbons (Fsp3) is 0.346. The van der Waals surface area contributed by atoms with E-state index in [-0.39, 0.29) is 47.1 Å². The average molecular weight is 966 g/mol. The van der Waals surface area contributed by atoms with Crippen LogP contribution in [-0.2, 0) is 0 Å². The van der Waals surface area contributed by atoms with Crippen LogP contribution in [0.25, 0.3) is 11.4 Å². The van der Waals surface area contributed by atoms with Gasteiger partial charge < -0.3 is 30.2 Å². The number of likely N-dealkylation sites (N-methyl/N-ethyl adjacent to an activating group) is 2. The molecule has 10 rings (SSSR count). The van der Waals surface area contributed by atoms with Crippen LogP contribution in [0.15, 0.2) is 130 Å². The van der Waals surface area contributed by atoms with Crippen LogP contribution in [0.1, 0.15) is 80.7 Å². The number of anilines is 2. The van der Waals surface area contributed by atoms with E-state index in [4.69, 9.17) is 0 Å². The van der Waals surface area contributed by atoms with Crippen molar-refractivity contribution in [2.45, 2.75) is 63.7 Å². The zero-order valence-corrected chi connectivity index (χ0v) is 40.0. The van der Waals surface area contributed by atoms with Crippen molar-refractivity contribution in [2.75, 3.05) is 63.2 Å². The molecule has 14 nitrogen and oxygen atoms in total. The fourth-order valence-electron chi connectivity index (χ4n) is 8.88. The van der Waals surface area contributed by atoms with E-state index in [1.54, 1.807) is 39.9 Å². The number of carbonyl (C=O) groups excluding carboxylic acids is 2. The summed E-state index contributed by atoms with van der Waals surface area (Å²) in [5.41, 5.74) is 6.28. The van der Waals surface area contributed by atoms with E-state index >= 15 is 0 Å². The molecule has 2 aromatic heterocycles. The summed E-state index contributed by atoms with van der Waals surface area (Å²) in [6.45, 7) is 8.61. The summed E-state index contributed by atoms with van der Waals surface area (Å²) in [5.74, 6) is 0.646. The number of hydrogen-bond donors (Lipinski definition) is 2. The number of aromatic nitrogens is 4. The molecule has 2 N–H and O–H groups in total. The van der Waals surface area contributed by atoms with Gasteiger partial charge in [0.05, 0.1) is 23.5 Å². The smallest absolute Gasteiger partial charge is 0.298 e. The van der Waals surface area contributed by atoms with Gasteiger partial charge in [-0.15, -0.1) is 0 Å². The number of halogens is 1. The minimum Gasteiger partial charge on any atom is -0.349 e. The van der Waals surface area contributed by atoms with E-state index in [0.29, 0.717) is 51.8 Å². The van der Waals surface area contributed by atoms with Gasteiger partial charge in [0.2, 0.25) is 0 Å². The Hall–Kier alpha value is -6.42. The van der Waals surface area contributed by atoms with Gasteiger partial charge >= 0.3 is 0 Å². The SMILES string of the molecule is Cc1ccc(C(=O)NC2CC2)cc1-n1cc(Br)nc(N2CCN(C)CC2c2ccccc2)c1=O.Cc1ccc(C(=O)NC2CC2)cc1-n1ccnc(N2CCN(C)CC2c2ccccc2)c1=O. The van der Waals surface area contributed by atoms with E-state index in [1.165, 1.54) is 0 Å². The predicted octanol–water partition coefficient (Wildman–Crippen LogP) is 6.61. The lowest BCUT2D eigenvalue weighted by Crippen LogP contribution is -2.49. The first-order valence-corrected chi connectivity index (χ1v) is 23.9. The molecule has 4 aliphatic rings. The summed E-state index contributed by atoms with van der Waals surface area (Å²) in [7, 11) is 4.20. The molecule has 4 fully saturated rings. The third kappa shape index (κ3) is 10.4. The van der Waals surface area contributed by atoms with E-state index < -0.39 is 0 Å². The predicted molar refractivity (Wildman–Crippen MR) is 266 cm³/mol. The van der Waals surface area contributed by atoms with Crippen molar-refractivity contribution in [3.8, 4) is 11.4 Å². The Bertz CT molecular complexity index is 2880. The second-order valence-electron chi connectivity index (χ2n) is 18.3. The Morgan fingerprint density at radius 2 is 1.07 bits per heavy atom. The van der Waals surface area contributed by atoms with Crippen LogP contribution in [0.5, 0.6) is 0 Å². The Morgan fingerprint density at radius 3 is 1.57 bits per heavy atom. The summed E-state index contributed by atoms with van der Waals surface area (Å²) in [6.07, 6.45) is 9.16. The molecule has 2 aliphatic heterocycles. The van der Waals surface area contributed by atoms with Crippen molar-refractivity contribution in [2.24, 2.45) is 0 Å². The van der Waals surface area contributed by atoms with E-state index in [1.807, 2.05) is 74.5 Å². The molecule has 0 bridgehead atoms. The van der Waals surface area contributed by atoms with Crippen molar-refractivity contribution in [3.05, 3.63) is 174 Å². The van der Waals surface area contributed by atoms with Crippen LogP contribution in [0, 0.1) is 13.8 Å². The highest BCUT2D eigenvalue weighted by molar-refractivity contribution is 9.10. The van der Waals surface area contributed by atoms with Crippen molar-refractivity contribution < 1.29 is 9.59 Å². The zero-order valence-electron chi connectivity index (χ0n) is 38.4. The van der Waals surface area contributed by atoms with E-state index in [2.05, 4.69) is 94.5 Å². The van der Waals surface area contributed by atoms with Gasteiger partial charge in [0.25, 0.3) is 22.9 Å². The highest BCUT2D eigenvalue weighted by Gasteiger charge is 2.32. The van der Waals surface area contributed by atoms with Crippen molar-refractivity contribution in [1.82, 2.24) is 39.5 Å². The van der Waals surface area contributed by atoms with Gasteiger partial charge in [-0.2, -0.15) is 0 Å². The zero-order chi connectivity index (χ0) is 46.8. The Morgan fingerprint density at radius 1 is 0.612 bits per heavy atom. The van der Waals surface area contributed by atoms with Crippen molar-refractivity contribution >= 4 is 39.4 Å². The molecular formula is C52H57BrN10O4. The molecule has 4 heterocycles. The normalized spacial score (nSPS) is 18.8. The first kappa shape index (κ1) is 45.7. The summed E-state index contributed by atoms with van der Waals surface area (Å²) >= 11 is 3.52. The van der Waals surface area contributed by atoms with Crippen LogP contribution in [-0.4, -0.2) is 106 Å². The quantitative estimate of drug-likeness (QED) is 0.154. The van der Waals surface area contributed by atoms with E-state index in [0.717, 1.165) is 74.1 Å². The molecule has 346 valence electrons. The average Bonchev–Trinajstić information content (AvgIpc) is 4.30. The molecule has 67 heavy (non-hydrogen) atoms. The summed E-state index contributed by atoms with van der Waals surface area (Å²) in [6, 6.07) is 32.1. The molecule has 2 saturated heterocycles. The maximum absolute atomic E-state index is 13.8. The number of piperazine rings is 2. The van der Waals surface area contributed by atoms with Gasteiger partial charge in [-0.3, -0.25) is 28.3 Å². The molecule has 2 saturated carbocycles. The third-order valence-electron chi connectivity index (χ3n) is 13.0. The summed E-state index contributed by atoms with van der Waals surface area (Å²) in [5, 5.41) is 6.05. The highest BCUT2D eigenvalue weighted by atomic mass is 79.9. The molecule has 15 heteroatoms. The maximum atomic E-state index is 13.8.